The van der Waals surface area contributed by atoms with Gasteiger partial charge in [0.15, 0.2) is 0 Å². The van der Waals surface area contributed by atoms with Gasteiger partial charge in [0, 0.05) is 24.2 Å². The second kappa shape index (κ2) is 4.87. The zero-order chi connectivity index (χ0) is 14.0. The summed E-state index contributed by atoms with van der Waals surface area (Å²) in [6.07, 6.45) is 3.08. The van der Waals surface area contributed by atoms with Gasteiger partial charge in [0.2, 0.25) is 0 Å². The Hall–Kier alpha value is -2.11. The molecule has 19 heavy (non-hydrogen) atoms. The van der Waals surface area contributed by atoms with Crippen LogP contribution in [0.3, 0.4) is 0 Å². The molecule has 1 fully saturated rings. The number of nitrogens with zero attached hydrogens (tertiary/aromatic N) is 1. The summed E-state index contributed by atoms with van der Waals surface area (Å²) >= 11 is 0. The highest BCUT2D eigenvalue weighted by Gasteiger charge is 2.33. The molecule has 1 aromatic rings. The van der Waals surface area contributed by atoms with Crippen LogP contribution in [0.4, 0.5) is 11.4 Å². The average molecular weight is 263 g/mol. The first-order valence-corrected chi connectivity index (χ1v) is 6.24. The third-order valence-electron chi connectivity index (χ3n) is 3.60. The number of nitro benzene ring substituents is 1. The SMILES string of the molecule is CNc1cc(C(=O)NC2(C)CCC2)ccc1[N+](=O)[O-]. The molecule has 1 aliphatic carbocycles. The van der Waals surface area contributed by atoms with Crippen LogP contribution in [0.1, 0.15) is 36.5 Å². The Labute approximate surface area is 111 Å². The summed E-state index contributed by atoms with van der Waals surface area (Å²) < 4.78 is 0. The van der Waals surface area contributed by atoms with Crippen LogP contribution in [0.2, 0.25) is 0 Å². The third kappa shape index (κ3) is 2.67. The minimum Gasteiger partial charge on any atom is -0.383 e. The zero-order valence-electron chi connectivity index (χ0n) is 11.0. The van der Waals surface area contributed by atoms with E-state index in [4.69, 9.17) is 0 Å². The molecule has 0 bridgehead atoms. The molecule has 0 aromatic heterocycles. The second-order valence-electron chi connectivity index (χ2n) is 5.11. The van der Waals surface area contributed by atoms with Crippen LogP contribution in [-0.2, 0) is 0 Å². The van der Waals surface area contributed by atoms with E-state index >= 15 is 0 Å². The standard InChI is InChI=1S/C13H17N3O3/c1-13(6-3-7-13)15-12(17)9-4-5-11(16(18)19)10(8-9)14-2/h4-5,8,14H,3,6-7H2,1-2H3,(H,15,17). The maximum atomic E-state index is 12.1. The number of nitrogens with one attached hydrogen (secondary N) is 2. The van der Waals surface area contributed by atoms with Crippen LogP contribution in [0.15, 0.2) is 18.2 Å². The molecule has 2 N–H and O–H groups in total. The summed E-state index contributed by atoms with van der Waals surface area (Å²) in [5.74, 6) is -0.186. The maximum absolute atomic E-state index is 12.1. The van der Waals surface area contributed by atoms with Gasteiger partial charge in [-0.15, -0.1) is 0 Å². The lowest BCUT2D eigenvalue weighted by atomic mass is 9.78. The van der Waals surface area contributed by atoms with Gasteiger partial charge in [-0.05, 0) is 38.3 Å². The van der Waals surface area contributed by atoms with Gasteiger partial charge in [0.25, 0.3) is 11.6 Å². The molecule has 6 nitrogen and oxygen atoms in total. The van der Waals surface area contributed by atoms with Crippen molar-refractivity contribution in [2.45, 2.75) is 31.7 Å². The number of carbonyl (C=O) groups excluding carboxylic acids is 1. The highest BCUT2D eigenvalue weighted by molar-refractivity contribution is 5.96. The van der Waals surface area contributed by atoms with Gasteiger partial charge < -0.3 is 10.6 Å². The Morgan fingerprint density at radius 3 is 2.58 bits per heavy atom. The Balaban J connectivity index is 2.20. The quantitative estimate of drug-likeness (QED) is 0.645. The van der Waals surface area contributed by atoms with Crippen LogP contribution in [-0.4, -0.2) is 23.4 Å². The van der Waals surface area contributed by atoms with Crippen LogP contribution in [0.25, 0.3) is 0 Å². The van der Waals surface area contributed by atoms with Crippen molar-refractivity contribution in [3.05, 3.63) is 33.9 Å². The topological polar surface area (TPSA) is 84.3 Å². The fraction of sp³-hybridized carbons (Fsp3) is 0.462. The van der Waals surface area contributed by atoms with Crippen molar-refractivity contribution in [1.29, 1.82) is 0 Å². The van der Waals surface area contributed by atoms with Crippen molar-refractivity contribution in [3.8, 4) is 0 Å². The van der Waals surface area contributed by atoms with Crippen LogP contribution in [0.5, 0.6) is 0 Å². The first-order valence-electron chi connectivity index (χ1n) is 6.24. The maximum Gasteiger partial charge on any atom is 0.292 e. The van der Waals surface area contributed by atoms with E-state index in [0.717, 1.165) is 19.3 Å². The van der Waals surface area contributed by atoms with E-state index in [1.165, 1.54) is 18.2 Å². The molecule has 1 amide bonds. The first kappa shape index (κ1) is 13.3. The number of nitro groups is 1. The van der Waals surface area contributed by atoms with E-state index < -0.39 is 4.92 Å². The molecule has 1 aromatic carbocycles. The van der Waals surface area contributed by atoms with Gasteiger partial charge in [-0.25, -0.2) is 0 Å². The Kier molecular flexibility index (Phi) is 3.42. The van der Waals surface area contributed by atoms with Gasteiger partial charge in [0.1, 0.15) is 5.69 Å². The lowest BCUT2D eigenvalue weighted by molar-refractivity contribution is -0.383. The van der Waals surface area contributed by atoms with Crippen LogP contribution < -0.4 is 10.6 Å². The number of benzene rings is 1. The summed E-state index contributed by atoms with van der Waals surface area (Å²) in [7, 11) is 1.59. The summed E-state index contributed by atoms with van der Waals surface area (Å²) in [4.78, 5) is 22.4. The third-order valence-corrected chi connectivity index (χ3v) is 3.60. The highest BCUT2D eigenvalue weighted by atomic mass is 16.6. The smallest absolute Gasteiger partial charge is 0.292 e. The van der Waals surface area contributed by atoms with Crippen molar-refractivity contribution in [3.63, 3.8) is 0 Å². The number of hydrogen-bond donors (Lipinski definition) is 2. The average Bonchev–Trinajstić information content (AvgIpc) is 2.35. The molecular formula is C13H17N3O3. The highest BCUT2D eigenvalue weighted by Crippen LogP contribution is 2.31. The molecule has 0 spiro atoms. The predicted molar refractivity (Wildman–Crippen MR) is 72.4 cm³/mol. The molecular weight excluding hydrogens is 246 g/mol. The Morgan fingerprint density at radius 2 is 2.11 bits per heavy atom. The van der Waals surface area contributed by atoms with Crippen molar-refractivity contribution < 1.29 is 9.72 Å². The van der Waals surface area contributed by atoms with Gasteiger partial charge in [-0.3, -0.25) is 14.9 Å². The molecule has 1 aliphatic rings. The molecule has 0 saturated heterocycles. The summed E-state index contributed by atoms with van der Waals surface area (Å²) in [6.45, 7) is 2.01. The van der Waals surface area contributed by atoms with Crippen molar-refractivity contribution >= 4 is 17.3 Å². The van der Waals surface area contributed by atoms with Crippen molar-refractivity contribution in [1.82, 2.24) is 5.32 Å². The van der Waals surface area contributed by atoms with Gasteiger partial charge in [-0.1, -0.05) is 0 Å². The number of rotatable bonds is 4. The van der Waals surface area contributed by atoms with Crippen LogP contribution >= 0.6 is 0 Å². The van der Waals surface area contributed by atoms with Gasteiger partial charge >= 0.3 is 0 Å². The number of anilines is 1. The van der Waals surface area contributed by atoms with Crippen molar-refractivity contribution in [2.75, 3.05) is 12.4 Å². The predicted octanol–water partition coefficient (Wildman–Crippen LogP) is 2.31. The minimum absolute atomic E-state index is 0.0334. The Morgan fingerprint density at radius 1 is 1.42 bits per heavy atom. The molecule has 0 atom stereocenters. The number of amides is 1. The molecule has 102 valence electrons. The van der Waals surface area contributed by atoms with E-state index in [1.807, 2.05) is 6.92 Å². The second-order valence-corrected chi connectivity index (χ2v) is 5.11. The number of hydrogen-bond acceptors (Lipinski definition) is 4. The minimum atomic E-state index is -0.471. The molecule has 1 saturated carbocycles. The van der Waals surface area contributed by atoms with Crippen LogP contribution in [0, 0.1) is 10.1 Å². The first-order chi connectivity index (χ1) is 8.95. The lowest BCUT2D eigenvalue weighted by Gasteiger charge is -2.39. The molecule has 0 heterocycles. The molecule has 0 aliphatic heterocycles. The van der Waals surface area contributed by atoms with E-state index in [9.17, 15) is 14.9 Å². The van der Waals surface area contributed by atoms with E-state index in [-0.39, 0.29) is 17.1 Å². The monoisotopic (exact) mass is 263 g/mol. The van der Waals surface area contributed by atoms with E-state index in [1.54, 1.807) is 7.05 Å². The molecule has 0 unspecified atom stereocenters. The zero-order valence-corrected chi connectivity index (χ0v) is 11.0. The fourth-order valence-corrected chi connectivity index (χ4v) is 2.22. The normalized spacial score (nSPS) is 16.3. The van der Waals surface area contributed by atoms with Crippen molar-refractivity contribution in [2.24, 2.45) is 0 Å². The van der Waals surface area contributed by atoms with E-state index in [0.29, 0.717) is 11.3 Å². The molecule has 6 heteroatoms. The number of carbonyl (C=O) groups is 1. The largest absolute Gasteiger partial charge is 0.383 e. The van der Waals surface area contributed by atoms with Gasteiger partial charge in [-0.2, -0.15) is 0 Å². The molecule has 0 radical (unpaired) electrons. The van der Waals surface area contributed by atoms with E-state index in [2.05, 4.69) is 10.6 Å². The van der Waals surface area contributed by atoms with Gasteiger partial charge in [0.05, 0.1) is 4.92 Å². The lowest BCUT2D eigenvalue weighted by Crippen LogP contribution is -2.50. The fourth-order valence-electron chi connectivity index (χ4n) is 2.22. The Bertz CT molecular complexity index is 524. The summed E-state index contributed by atoms with van der Waals surface area (Å²) in [5.41, 5.74) is 0.618. The summed E-state index contributed by atoms with van der Waals surface area (Å²) in [6, 6.07) is 4.34. The molecule has 2 rings (SSSR count). The summed E-state index contributed by atoms with van der Waals surface area (Å²) in [5, 5.41) is 16.5.